The molecule has 0 radical (unpaired) electrons. The SMILES string of the molecule is Cc1ccc(C2CC(c3cccc(C)c3)=NN2C(=O)CN(C)c2ccccc2)cc1. The van der Waals surface area contributed by atoms with Crippen molar-refractivity contribution in [3.8, 4) is 0 Å². The Bertz CT molecular complexity index is 1060. The van der Waals surface area contributed by atoms with Crippen LogP contribution in [0.1, 0.15) is 34.7 Å². The number of hydrazone groups is 1. The Morgan fingerprint density at radius 1 is 0.967 bits per heavy atom. The van der Waals surface area contributed by atoms with Crippen LogP contribution in [0, 0.1) is 13.8 Å². The van der Waals surface area contributed by atoms with Crippen molar-refractivity contribution < 1.29 is 4.79 Å². The van der Waals surface area contributed by atoms with Crippen molar-refractivity contribution in [1.82, 2.24) is 5.01 Å². The molecule has 152 valence electrons. The van der Waals surface area contributed by atoms with E-state index < -0.39 is 0 Å². The first-order valence-corrected chi connectivity index (χ1v) is 10.3. The van der Waals surface area contributed by atoms with Gasteiger partial charge in [0.2, 0.25) is 0 Å². The van der Waals surface area contributed by atoms with Gasteiger partial charge in [-0.15, -0.1) is 0 Å². The second-order valence-electron chi connectivity index (χ2n) is 7.98. The molecule has 4 rings (SSSR count). The minimum absolute atomic E-state index is 0.00502. The van der Waals surface area contributed by atoms with Gasteiger partial charge in [0.1, 0.15) is 0 Å². The Labute approximate surface area is 178 Å². The van der Waals surface area contributed by atoms with E-state index >= 15 is 0 Å². The van der Waals surface area contributed by atoms with Gasteiger partial charge in [0.05, 0.1) is 18.3 Å². The molecule has 0 bridgehead atoms. The Morgan fingerprint density at radius 2 is 1.70 bits per heavy atom. The minimum Gasteiger partial charge on any atom is -0.365 e. The lowest BCUT2D eigenvalue weighted by Gasteiger charge is -2.25. The van der Waals surface area contributed by atoms with Crippen LogP contribution in [0.3, 0.4) is 0 Å². The van der Waals surface area contributed by atoms with E-state index in [9.17, 15) is 4.79 Å². The van der Waals surface area contributed by atoms with Crippen molar-refractivity contribution in [2.24, 2.45) is 5.10 Å². The molecule has 0 saturated heterocycles. The normalized spacial score (nSPS) is 15.8. The Morgan fingerprint density at radius 3 is 2.40 bits per heavy atom. The molecule has 1 atom stereocenters. The number of aryl methyl sites for hydroxylation is 2. The highest BCUT2D eigenvalue weighted by Crippen LogP contribution is 2.33. The predicted octanol–water partition coefficient (Wildman–Crippen LogP) is 5.12. The summed E-state index contributed by atoms with van der Waals surface area (Å²) in [5, 5.41) is 6.48. The van der Waals surface area contributed by atoms with Crippen LogP contribution in [0.2, 0.25) is 0 Å². The van der Waals surface area contributed by atoms with E-state index in [1.54, 1.807) is 5.01 Å². The van der Waals surface area contributed by atoms with Gasteiger partial charge >= 0.3 is 0 Å². The lowest BCUT2D eigenvalue weighted by atomic mass is 9.97. The fourth-order valence-electron chi connectivity index (χ4n) is 3.84. The zero-order valence-electron chi connectivity index (χ0n) is 17.7. The highest BCUT2D eigenvalue weighted by atomic mass is 16.2. The molecular weight excluding hydrogens is 370 g/mol. The van der Waals surface area contributed by atoms with Crippen molar-refractivity contribution in [1.29, 1.82) is 0 Å². The summed E-state index contributed by atoms with van der Waals surface area (Å²) in [6.07, 6.45) is 0.716. The quantitative estimate of drug-likeness (QED) is 0.599. The van der Waals surface area contributed by atoms with E-state index in [1.807, 2.05) is 48.3 Å². The average molecular weight is 398 g/mol. The number of amides is 1. The van der Waals surface area contributed by atoms with Crippen LogP contribution in [0.4, 0.5) is 5.69 Å². The molecule has 3 aromatic rings. The van der Waals surface area contributed by atoms with E-state index in [1.165, 1.54) is 11.1 Å². The standard InChI is InChI=1S/C26H27N3O/c1-19-12-14-21(15-13-19)25-17-24(22-9-7-8-20(2)16-22)27-29(25)26(30)18-28(3)23-10-5-4-6-11-23/h4-16,25H,17-18H2,1-3H3. The van der Waals surface area contributed by atoms with Crippen LogP contribution in [-0.2, 0) is 4.79 Å². The number of rotatable bonds is 5. The summed E-state index contributed by atoms with van der Waals surface area (Å²) in [5.74, 6) is -0.00502. The Hall–Kier alpha value is -3.40. The van der Waals surface area contributed by atoms with E-state index in [4.69, 9.17) is 5.10 Å². The predicted molar refractivity (Wildman–Crippen MR) is 123 cm³/mol. The van der Waals surface area contributed by atoms with E-state index in [0.29, 0.717) is 6.42 Å². The van der Waals surface area contributed by atoms with Crippen LogP contribution in [0.25, 0.3) is 0 Å². The summed E-state index contributed by atoms with van der Waals surface area (Å²) >= 11 is 0. The molecule has 0 aromatic heterocycles. The third-order valence-electron chi connectivity index (χ3n) is 5.55. The number of benzene rings is 3. The van der Waals surface area contributed by atoms with Crippen molar-refractivity contribution in [2.75, 3.05) is 18.5 Å². The third-order valence-corrected chi connectivity index (χ3v) is 5.55. The molecule has 0 N–H and O–H groups in total. The lowest BCUT2D eigenvalue weighted by molar-refractivity contribution is -0.131. The fraction of sp³-hybridized carbons (Fsp3) is 0.231. The highest BCUT2D eigenvalue weighted by Gasteiger charge is 2.33. The van der Waals surface area contributed by atoms with Gasteiger partial charge in [-0.25, -0.2) is 5.01 Å². The van der Waals surface area contributed by atoms with Gasteiger partial charge in [0.25, 0.3) is 5.91 Å². The molecule has 1 heterocycles. The maximum Gasteiger partial charge on any atom is 0.262 e. The summed E-state index contributed by atoms with van der Waals surface area (Å²) in [5.41, 5.74) is 6.57. The number of nitrogens with zero attached hydrogens (tertiary/aromatic N) is 3. The largest absolute Gasteiger partial charge is 0.365 e. The van der Waals surface area contributed by atoms with Gasteiger partial charge < -0.3 is 4.90 Å². The van der Waals surface area contributed by atoms with E-state index in [0.717, 1.165) is 22.5 Å². The number of hydrogen-bond acceptors (Lipinski definition) is 3. The molecule has 0 aliphatic carbocycles. The van der Waals surface area contributed by atoms with Crippen LogP contribution in [0.5, 0.6) is 0 Å². The number of hydrogen-bond donors (Lipinski definition) is 0. The first kappa shape index (κ1) is 19.9. The molecule has 1 unspecified atom stereocenters. The third kappa shape index (κ3) is 4.28. The molecule has 1 amide bonds. The van der Waals surface area contributed by atoms with Gasteiger partial charge in [-0.05, 0) is 37.1 Å². The summed E-state index contributed by atoms with van der Waals surface area (Å²) in [6.45, 7) is 4.43. The second-order valence-corrected chi connectivity index (χ2v) is 7.98. The molecule has 1 aliphatic rings. The van der Waals surface area contributed by atoms with Crippen molar-refractivity contribution in [3.63, 3.8) is 0 Å². The molecule has 3 aromatic carbocycles. The summed E-state index contributed by atoms with van der Waals surface area (Å²) in [7, 11) is 1.94. The number of carbonyl (C=O) groups is 1. The maximum atomic E-state index is 13.3. The smallest absolute Gasteiger partial charge is 0.262 e. The van der Waals surface area contributed by atoms with Crippen LogP contribution in [0.15, 0.2) is 84.0 Å². The van der Waals surface area contributed by atoms with Gasteiger partial charge in [-0.1, -0.05) is 77.9 Å². The van der Waals surface area contributed by atoms with Crippen LogP contribution >= 0.6 is 0 Å². The first-order chi connectivity index (χ1) is 14.5. The Kier molecular flexibility index (Phi) is 5.66. The molecule has 30 heavy (non-hydrogen) atoms. The van der Waals surface area contributed by atoms with Gasteiger partial charge in [-0.2, -0.15) is 5.10 Å². The first-order valence-electron chi connectivity index (χ1n) is 10.3. The average Bonchev–Trinajstić information content (AvgIpc) is 3.20. The summed E-state index contributed by atoms with van der Waals surface area (Å²) in [6, 6.07) is 26.6. The van der Waals surface area contributed by atoms with Crippen LogP contribution < -0.4 is 4.90 Å². The Balaban J connectivity index is 1.62. The molecule has 1 aliphatic heterocycles. The lowest BCUT2D eigenvalue weighted by Crippen LogP contribution is -2.36. The highest BCUT2D eigenvalue weighted by molar-refractivity contribution is 6.03. The fourth-order valence-corrected chi connectivity index (χ4v) is 3.84. The van der Waals surface area contributed by atoms with Gasteiger partial charge in [0, 0.05) is 19.2 Å². The maximum absolute atomic E-state index is 13.3. The van der Waals surface area contributed by atoms with Gasteiger partial charge in [-0.3, -0.25) is 4.79 Å². The summed E-state index contributed by atoms with van der Waals surface area (Å²) < 4.78 is 0. The van der Waals surface area contributed by atoms with E-state index in [2.05, 4.69) is 56.3 Å². The van der Waals surface area contributed by atoms with Crippen molar-refractivity contribution in [3.05, 3.63) is 101 Å². The molecule has 0 spiro atoms. The number of carbonyl (C=O) groups excluding carboxylic acids is 1. The topological polar surface area (TPSA) is 35.9 Å². The van der Waals surface area contributed by atoms with E-state index in [-0.39, 0.29) is 18.5 Å². The van der Waals surface area contributed by atoms with Gasteiger partial charge in [0.15, 0.2) is 0 Å². The number of para-hydroxylation sites is 1. The summed E-state index contributed by atoms with van der Waals surface area (Å²) in [4.78, 5) is 15.3. The molecular formula is C26H27N3O. The van der Waals surface area contributed by atoms with Crippen LogP contribution in [-0.4, -0.2) is 30.2 Å². The zero-order chi connectivity index (χ0) is 21.1. The number of likely N-dealkylation sites (N-methyl/N-ethyl adjacent to an activating group) is 1. The molecule has 0 saturated carbocycles. The zero-order valence-corrected chi connectivity index (χ0v) is 17.7. The minimum atomic E-state index is -0.0854. The second kappa shape index (κ2) is 8.54. The van der Waals surface area contributed by atoms with Crippen molar-refractivity contribution in [2.45, 2.75) is 26.3 Å². The molecule has 0 fully saturated rings. The molecule has 4 heteroatoms. The monoisotopic (exact) mass is 397 g/mol. The van der Waals surface area contributed by atoms with Crippen molar-refractivity contribution >= 4 is 17.3 Å². The number of anilines is 1. The molecule has 4 nitrogen and oxygen atoms in total.